The topological polar surface area (TPSA) is 168 Å². The Hall–Kier alpha value is -1.07. The highest BCUT2D eigenvalue weighted by Crippen LogP contribution is 1.81. The zero-order chi connectivity index (χ0) is 17.0. The zero-order valence-electron chi connectivity index (χ0n) is 11.8. The predicted octanol–water partition coefficient (Wildman–Crippen LogP) is -2.47. The molecular weight excluding hydrogens is 276 g/mol. The van der Waals surface area contributed by atoms with Crippen LogP contribution in [0.15, 0.2) is 12.2 Å². The van der Waals surface area contributed by atoms with Gasteiger partial charge in [0.2, 0.25) is 0 Å². The summed E-state index contributed by atoms with van der Waals surface area (Å²) in [5.41, 5.74) is 0.176. The molecule has 0 radical (unpaired) electrons. The Morgan fingerprint density at radius 3 is 1.30 bits per heavy atom. The highest BCUT2D eigenvalue weighted by Gasteiger charge is 1.92. The van der Waals surface area contributed by atoms with Crippen LogP contribution in [0.4, 0.5) is 0 Å². The van der Waals surface area contributed by atoms with E-state index in [4.69, 9.17) is 35.7 Å². The first kappa shape index (κ1) is 27.3. The number of hydrogen-bond acceptors (Lipinski definition) is 8. The molecule has 9 nitrogen and oxygen atoms in total. The van der Waals surface area contributed by atoms with E-state index in [1.807, 2.05) is 0 Å². The molecule has 0 heterocycles. The number of methoxy groups -OCH3 is 1. The first-order chi connectivity index (χ1) is 9.28. The van der Waals surface area contributed by atoms with E-state index in [-0.39, 0.29) is 38.6 Å². The third-order valence-electron chi connectivity index (χ3n) is 0.993. The molecule has 0 rings (SSSR count). The third-order valence-corrected chi connectivity index (χ3v) is 0.993. The van der Waals surface area contributed by atoms with Crippen molar-refractivity contribution in [2.75, 3.05) is 40.1 Å². The van der Waals surface area contributed by atoms with Gasteiger partial charge in [0.1, 0.15) is 0 Å². The van der Waals surface area contributed by atoms with E-state index in [9.17, 15) is 4.79 Å². The van der Waals surface area contributed by atoms with Crippen LogP contribution in [-0.2, 0) is 9.53 Å². The average molecular weight is 302 g/mol. The highest BCUT2D eigenvalue weighted by atomic mass is 16.6. The lowest BCUT2D eigenvalue weighted by atomic mass is 10.4. The fourth-order valence-corrected chi connectivity index (χ4v) is 0.0745. The minimum Gasteiger partial charge on any atom is -0.478 e. The molecule has 0 spiro atoms. The molecule has 0 fully saturated rings. The minimum atomic E-state index is -1.01. The van der Waals surface area contributed by atoms with Gasteiger partial charge in [-0.05, 0) is 6.92 Å². The Bertz CT molecular complexity index is 172. The number of hydrogen-bond donors (Lipinski definition) is 7. The molecule has 7 N–H and O–H groups in total. The number of carboxylic acid groups (broad SMARTS) is 1. The van der Waals surface area contributed by atoms with Crippen LogP contribution in [0.5, 0.6) is 0 Å². The SMILES string of the molecule is C=C(C)C(=O)O.COC(O)CO.OCCO.OCCO. The molecule has 124 valence electrons. The smallest absolute Gasteiger partial charge is 0.330 e. The molecule has 1 unspecified atom stereocenters. The summed E-state index contributed by atoms with van der Waals surface area (Å²) in [6.07, 6.45) is -1.01. The maximum absolute atomic E-state index is 9.60. The van der Waals surface area contributed by atoms with E-state index in [0.717, 1.165) is 0 Å². The lowest BCUT2D eigenvalue weighted by molar-refractivity contribution is -0.132. The molecule has 0 amide bonds. The molecule has 0 aliphatic heterocycles. The summed E-state index contributed by atoms with van der Waals surface area (Å²) in [5.74, 6) is -0.935. The van der Waals surface area contributed by atoms with Crippen molar-refractivity contribution in [1.82, 2.24) is 0 Å². The molecule has 0 aromatic carbocycles. The normalized spacial score (nSPS) is 9.60. The molecule has 0 saturated heterocycles. The molecule has 0 aromatic rings. The summed E-state index contributed by atoms with van der Waals surface area (Å²) in [6.45, 7) is 3.77. The van der Waals surface area contributed by atoms with Gasteiger partial charge >= 0.3 is 5.97 Å². The molecule has 9 heteroatoms. The van der Waals surface area contributed by atoms with E-state index in [0.29, 0.717) is 0 Å². The number of aliphatic hydroxyl groups is 6. The van der Waals surface area contributed by atoms with Crippen LogP contribution in [-0.4, -0.2) is 88.1 Å². The zero-order valence-corrected chi connectivity index (χ0v) is 11.8. The number of aliphatic carboxylic acids is 1. The van der Waals surface area contributed by atoms with Crippen molar-refractivity contribution in [3.63, 3.8) is 0 Å². The van der Waals surface area contributed by atoms with Gasteiger partial charge in [0.05, 0.1) is 33.0 Å². The molecule has 0 saturated carbocycles. The number of carbonyl (C=O) groups is 1. The molecule has 0 aromatic heterocycles. The van der Waals surface area contributed by atoms with Crippen LogP contribution in [0, 0.1) is 0 Å². The minimum absolute atomic E-state index is 0.125. The Balaban J connectivity index is -0.0000000871. The Morgan fingerprint density at radius 1 is 1.05 bits per heavy atom. The summed E-state index contributed by atoms with van der Waals surface area (Å²) in [4.78, 5) is 9.60. The van der Waals surface area contributed by atoms with Crippen molar-refractivity contribution < 1.29 is 45.3 Å². The standard InChI is InChI=1S/C4H6O2.C3H8O3.2C2H6O2/c1-3(2)4(5)6;1-6-3(5)2-4;2*3-1-2-4/h1H2,2H3,(H,5,6);3-5H,2H2,1H3;2*3-4H,1-2H2. The third kappa shape index (κ3) is 53.9. The van der Waals surface area contributed by atoms with E-state index < -0.39 is 12.3 Å². The van der Waals surface area contributed by atoms with Crippen LogP contribution in [0.2, 0.25) is 0 Å². The predicted molar refractivity (Wildman–Crippen MR) is 70.9 cm³/mol. The number of aliphatic hydroxyl groups excluding tert-OH is 6. The van der Waals surface area contributed by atoms with Crippen molar-refractivity contribution >= 4 is 5.97 Å². The van der Waals surface area contributed by atoms with Gasteiger partial charge in [-0.25, -0.2) is 4.79 Å². The van der Waals surface area contributed by atoms with Crippen LogP contribution in [0.3, 0.4) is 0 Å². The maximum atomic E-state index is 9.60. The van der Waals surface area contributed by atoms with Gasteiger partial charge in [-0.1, -0.05) is 6.58 Å². The van der Waals surface area contributed by atoms with Gasteiger partial charge in [-0.3, -0.25) is 0 Å². The van der Waals surface area contributed by atoms with Crippen molar-refractivity contribution in [2.45, 2.75) is 13.2 Å². The fraction of sp³-hybridized carbons (Fsp3) is 0.727. The summed E-state index contributed by atoms with van der Waals surface area (Å²) in [6, 6.07) is 0. The van der Waals surface area contributed by atoms with Crippen molar-refractivity contribution in [3.8, 4) is 0 Å². The molecule has 1 atom stereocenters. The quantitative estimate of drug-likeness (QED) is 0.215. The van der Waals surface area contributed by atoms with Crippen molar-refractivity contribution in [2.24, 2.45) is 0 Å². The van der Waals surface area contributed by atoms with E-state index >= 15 is 0 Å². The second kappa shape index (κ2) is 26.5. The monoisotopic (exact) mass is 302 g/mol. The molecule has 0 aliphatic carbocycles. The van der Waals surface area contributed by atoms with Crippen molar-refractivity contribution in [1.29, 1.82) is 0 Å². The summed E-state index contributed by atoms with van der Waals surface area (Å²) in [5, 5.41) is 54.5. The van der Waals surface area contributed by atoms with Gasteiger partial charge in [-0.15, -0.1) is 0 Å². The first-order valence-electron chi connectivity index (χ1n) is 5.42. The molecular formula is C11H26O9. The number of rotatable bonds is 5. The lowest BCUT2D eigenvalue weighted by Crippen LogP contribution is -2.12. The second-order valence-electron chi connectivity index (χ2n) is 2.85. The molecule has 0 aliphatic rings. The summed E-state index contributed by atoms with van der Waals surface area (Å²) < 4.78 is 4.20. The first-order valence-corrected chi connectivity index (χ1v) is 5.42. The maximum Gasteiger partial charge on any atom is 0.330 e. The van der Waals surface area contributed by atoms with E-state index in [1.165, 1.54) is 14.0 Å². The lowest BCUT2D eigenvalue weighted by Gasteiger charge is -1.99. The fourth-order valence-electron chi connectivity index (χ4n) is 0.0745. The van der Waals surface area contributed by atoms with Crippen LogP contribution < -0.4 is 0 Å². The van der Waals surface area contributed by atoms with Crippen LogP contribution in [0.25, 0.3) is 0 Å². The second-order valence-corrected chi connectivity index (χ2v) is 2.85. The Kier molecular flexibility index (Phi) is 36.2. The van der Waals surface area contributed by atoms with E-state index in [2.05, 4.69) is 11.3 Å². The van der Waals surface area contributed by atoms with Crippen LogP contribution >= 0.6 is 0 Å². The summed E-state index contributed by atoms with van der Waals surface area (Å²) in [7, 11) is 1.32. The Labute approximate surface area is 118 Å². The van der Waals surface area contributed by atoms with E-state index in [1.54, 1.807) is 0 Å². The largest absolute Gasteiger partial charge is 0.478 e. The van der Waals surface area contributed by atoms with Gasteiger partial charge in [0.25, 0.3) is 0 Å². The van der Waals surface area contributed by atoms with Gasteiger partial charge in [0.15, 0.2) is 6.29 Å². The molecule has 0 bridgehead atoms. The average Bonchev–Trinajstić information content (AvgIpc) is 2.47. The van der Waals surface area contributed by atoms with Gasteiger partial charge < -0.3 is 40.5 Å². The van der Waals surface area contributed by atoms with Gasteiger partial charge in [0, 0.05) is 12.7 Å². The number of carboxylic acids is 1. The highest BCUT2D eigenvalue weighted by molar-refractivity contribution is 5.84. The van der Waals surface area contributed by atoms with Crippen LogP contribution in [0.1, 0.15) is 6.92 Å². The molecule has 20 heavy (non-hydrogen) atoms. The van der Waals surface area contributed by atoms with Crippen molar-refractivity contribution in [3.05, 3.63) is 12.2 Å². The number of ether oxygens (including phenoxy) is 1. The summed E-state index contributed by atoms with van der Waals surface area (Å²) >= 11 is 0. The Morgan fingerprint density at radius 2 is 1.30 bits per heavy atom. The van der Waals surface area contributed by atoms with Gasteiger partial charge in [-0.2, -0.15) is 0 Å².